The molecule has 6 heteroatoms. The van der Waals surface area contributed by atoms with Crippen LogP contribution in [-0.2, 0) is 11.2 Å². The minimum absolute atomic E-state index is 0.0807. The van der Waals surface area contributed by atoms with E-state index in [1.807, 2.05) is 0 Å². The van der Waals surface area contributed by atoms with Gasteiger partial charge in [0.05, 0.1) is 22.4 Å². The van der Waals surface area contributed by atoms with Crippen LogP contribution in [0.15, 0.2) is 30.5 Å². The molecule has 0 fully saturated rings. The number of hydrogen-bond donors (Lipinski definition) is 1. The SMILES string of the molecule is COCC(N)Cc1ccc2ncccc2c1[N+](=O)[O-]. The molecule has 0 amide bonds. The molecule has 2 N–H and O–H groups in total. The Morgan fingerprint density at radius 2 is 2.26 bits per heavy atom. The van der Waals surface area contributed by atoms with Crippen molar-refractivity contribution >= 4 is 16.6 Å². The van der Waals surface area contributed by atoms with E-state index in [0.29, 0.717) is 29.5 Å². The van der Waals surface area contributed by atoms with Crippen LogP contribution in [0.3, 0.4) is 0 Å². The van der Waals surface area contributed by atoms with E-state index in [0.717, 1.165) is 0 Å². The summed E-state index contributed by atoms with van der Waals surface area (Å²) in [7, 11) is 1.55. The van der Waals surface area contributed by atoms with E-state index in [9.17, 15) is 10.1 Å². The number of nitrogens with two attached hydrogens (primary N) is 1. The maximum absolute atomic E-state index is 11.3. The number of methoxy groups -OCH3 is 1. The fourth-order valence-electron chi connectivity index (χ4n) is 2.12. The zero-order chi connectivity index (χ0) is 13.8. The van der Waals surface area contributed by atoms with Crippen molar-refractivity contribution in [1.82, 2.24) is 4.98 Å². The first-order valence-corrected chi connectivity index (χ1v) is 5.89. The number of nitro benzene ring substituents is 1. The number of benzene rings is 1. The largest absolute Gasteiger partial charge is 0.383 e. The third kappa shape index (κ3) is 2.86. The summed E-state index contributed by atoms with van der Waals surface area (Å²) < 4.78 is 4.96. The van der Waals surface area contributed by atoms with Crippen molar-refractivity contribution in [1.29, 1.82) is 0 Å². The maximum atomic E-state index is 11.3. The molecular formula is C13H15N3O3. The van der Waals surface area contributed by atoms with Gasteiger partial charge in [0, 0.05) is 24.9 Å². The Kier molecular flexibility index (Phi) is 4.03. The minimum atomic E-state index is -0.376. The summed E-state index contributed by atoms with van der Waals surface area (Å²) in [6.45, 7) is 0.363. The number of hydrogen-bond acceptors (Lipinski definition) is 5. The second kappa shape index (κ2) is 5.73. The van der Waals surface area contributed by atoms with Crippen LogP contribution >= 0.6 is 0 Å². The Hall–Kier alpha value is -2.05. The average molecular weight is 261 g/mol. The van der Waals surface area contributed by atoms with E-state index >= 15 is 0 Å². The molecule has 0 aliphatic rings. The predicted octanol–water partition coefficient (Wildman–Crippen LogP) is 1.66. The number of ether oxygens (including phenoxy) is 1. The van der Waals surface area contributed by atoms with Gasteiger partial charge in [-0.1, -0.05) is 0 Å². The van der Waals surface area contributed by atoms with Crippen LogP contribution in [0.1, 0.15) is 5.56 Å². The average Bonchev–Trinajstić information content (AvgIpc) is 2.38. The summed E-state index contributed by atoms with van der Waals surface area (Å²) in [6.07, 6.45) is 2.01. The van der Waals surface area contributed by atoms with Gasteiger partial charge in [0.25, 0.3) is 5.69 Å². The molecule has 100 valence electrons. The molecule has 6 nitrogen and oxygen atoms in total. The Balaban J connectivity index is 2.49. The lowest BCUT2D eigenvalue weighted by Crippen LogP contribution is -2.28. The number of fused-ring (bicyclic) bond motifs is 1. The van der Waals surface area contributed by atoms with Gasteiger partial charge in [-0.2, -0.15) is 0 Å². The second-order valence-electron chi connectivity index (χ2n) is 4.32. The van der Waals surface area contributed by atoms with Crippen LogP contribution in [0.25, 0.3) is 10.9 Å². The van der Waals surface area contributed by atoms with E-state index < -0.39 is 0 Å². The molecule has 19 heavy (non-hydrogen) atoms. The van der Waals surface area contributed by atoms with Crippen molar-refractivity contribution in [3.05, 3.63) is 46.1 Å². The lowest BCUT2D eigenvalue weighted by molar-refractivity contribution is -0.383. The first kappa shape index (κ1) is 13.4. The maximum Gasteiger partial charge on any atom is 0.281 e. The normalized spacial score (nSPS) is 12.5. The molecule has 1 heterocycles. The molecule has 0 spiro atoms. The number of nitrogens with zero attached hydrogens (tertiary/aromatic N) is 2. The Labute approximate surface area is 110 Å². The van der Waals surface area contributed by atoms with Gasteiger partial charge >= 0.3 is 0 Å². The van der Waals surface area contributed by atoms with Crippen LogP contribution < -0.4 is 5.73 Å². The fourth-order valence-corrected chi connectivity index (χ4v) is 2.12. The second-order valence-corrected chi connectivity index (χ2v) is 4.32. The van der Waals surface area contributed by atoms with Crippen molar-refractivity contribution in [3.8, 4) is 0 Å². The molecule has 1 unspecified atom stereocenters. The van der Waals surface area contributed by atoms with Crippen molar-refractivity contribution in [3.63, 3.8) is 0 Å². The zero-order valence-corrected chi connectivity index (χ0v) is 10.6. The van der Waals surface area contributed by atoms with Gasteiger partial charge in [-0.15, -0.1) is 0 Å². The molecular weight excluding hydrogens is 246 g/mol. The van der Waals surface area contributed by atoms with E-state index in [2.05, 4.69) is 4.98 Å². The van der Waals surface area contributed by atoms with E-state index in [1.165, 1.54) is 0 Å². The topological polar surface area (TPSA) is 91.3 Å². The minimum Gasteiger partial charge on any atom is -0.383 e. The van der Waals surface area contributed by atoms with Crippen LogP contribution in [0, 0.1) is 10.1 Å². The lowest BCUT2D eigenvalue weighted by Gasteiger charge is -2.11. The number of nitro groups is 1. The molecule has 1 aromatic heterocycles. The van der Waals surface area contributed by atoms with Crippen LogP contribution in [0.2, 0.25) is 0 Å². The van der Waals surface area contributed by atoms with E-state index in [4.69, 9.17) is 10.5 Å². The van der Waals surface area contributed by atoms with E-state index in [-0.39, 0.29) is 16.7 Å². The van der Waals surface area contributed by atoms with Gasteiger partial charge in [0.2, 0.25) is 0 Å². The Bertz CT molecular complexity index is 601. The highest BCUT2D eigenvalue weighted by Gasteiger charge is 2.20. The van der Waals surface area contributed by atoms with Crippen LogP contribution in [0.4, 0.5) is 5.69 Å². The summed E-state index contributed by atoms with van der Waals surface area (Å²) in [5, 5.41) is 11.8. The van der Waals surface area contributed by atoms with Crippen molar-refractivity contribution in [2.75, 3.05) is 13.7 Å². The van der Waals surface area contributed by atoms with Gasteiger partial charge in [0.1, 0.15) is 0 Å². The molecule has 0 radical (unpaired) electrons. The molecule has 1 aromatic carbocycles. The summed E-state index contributed by atoms with van der Waals surface area (Å²) in [5.74, 6) is 0. The molecule has 0 aliphatic heterocycles. The molecule has 0 aliphatic carbocycles. The molecule has 0 saturated carbocycles. The molecule has 2 rings (SSSR count). The third-order valence-electron chi connectivity index (χ3n) is 2.89. The van der Waals surface area contributed by atoms with Gasteiger partial charge in [0.15, 0.2) is 0 Å². The van der Waals surface area contributed by atoms with Crippen molar-refractivity contribution < 1.29 is 9.66 Å². The third-order valence-corrected chi connectivity index (χ3v) is 2.89. The van der Waals surface area contributed by atoms with E-state index in [1.54, 1.807) is 37.6 Å². The zero-order valence-electron chi connectivity index (χ0n) is 10.6. The monoisotopic (exact) mass is 261 g/mol. The number of pyridine rings is 1. The van der Waals surface area contributed by atoms with Crippen molar-refractivity contribution in [2.45, 2.75) is 12.5 Å². The predicted molar refractivity (Wildman–Crippen MR) is 72.0 cm³/mol. The lowest BCUT2D eigenvalue weighted by atomic mass is 10.0. The van der Waals surface area contributed by atoms with Gasteiger partial charge in [-0.05, 0) is 30.7 Å². The number of aromatic nitrogens is 1. The Morgan fingerprint density at radius 3 is 2.95 bits per heavy atom. The summed E-state index contributed by atoms with van der Waals surface area (Å²) in [5.41, 5.74) is 7.16. The molecule has 2 aromatic rings. The summed E-state index contributed by atoms with van der Waals surface area (Å²) in [6, 6.07) is 6.61. The standard InChI is InChI=1S/C13H15N3O3/c1-19-8-10(14)7-9-4-5-12-11(3-2-6-15-12)13(9)16(17)18/h2-6,10H,7-8,14H2,1H3. The number of rotatable bonds is 5. The first-order chi connectivity index (χ1) is 9.13. The fraction of sp³-hybridized carbons (Fsp3) is 0.308. The van der Waals surface area contributed by atoms with Crippen LogP contribution in [0.5, 0.6) is 0 Å². The molecule has 0 saturated heterocycles. The van der Waals surface area contributed by atoms with Gasteiger partial charge in [-0.25, -0.2) is 0 Å². The molecule has 1 atom stereocenters. The highest BCUT2D eigenvalue weighted by atomic mass is 16.6. The first-order valence-electron chi connectivity index (χ1n) is 5.89. The Morgan fingerprint density at radius 1 is 1.47 bits per heavy atom. The molecule has 0 bridgehead atoms. The smallest absolute Gasteiger partial charge is 0.281 e. The highest BCUT2D eigenvalue weighted by Crippen LogP contribution is 2.29. The summed E-state index contributed by atoms with van der Waals surface area (Å²) in [4.78, 5) is 15.0. The quantitative estimate of drug-likeness (QED) is 0.652. The van der Waals surface area contributed by atoms with Gasteiger partial charge in [-0.3, -0.25) is 15.1 Å². The highest BCUT2D eigenvalue weighted by molar-refractivity contribution is 5.89. The van der Waals surface area contributed by atoms with Gasteiger partial charge < -0.3 is 10.5 Å². The van der Waals surface area contributed by atoms with Crippen molar-refractivity contribution in [2.24, 2.45) is 5.73 Å². The summed E-state index contributed by atoms with van der Waals surface area (Å²) >= 11 is 0. The van der Waals surface area contributed by atoms with Crippen LogP contribution in [-0.4, -0.2) is 29.7 Å².